The summed E-state index contributed by atoms with van der Waals surface area (Å²) in [5.41, 5.74) is 6.21. The van der Waals surface area contributed by atoms with Gasteiger partial charge in [-0.05, 0) is 43.0 Å². The number of carbonyl (C=O) groups is 1. The Morgan fingerprint density at radius 1 is 1.31 bits per heavy atom. The third kappa shape index (κ3) is 4.88. The second kappa shape index (κ2) is 9.55. The first-order valence-electron chi connectivity index (χ1n) is 8.35. The van der Waals surface area contributed by atoms with Crippen molar-refractivity contribution in [3.8, 4) is 0 Å². The summed E-state index contributed by atoms with van der Waals surface area (Å²) in [6, 6.07) is 11.2. The van der Waals surface area contributed by atoms with E-state index in [1.807, 2.05) is 29.2 Å². The third-order valence-electron chi connectivity index (χ3n) is 4.42. The number of rotatable bonds is 4. The molecule has 2 heterocycles. The molecule has 1 fully saturated rings. The van der Waals surface area contributed by atoms with Gasteiger partial charge >= 0.3 is 0 Å². The highest BCUT2D eigenvalue weighted by Gasteiger charge is 2.30. The van der Waals surface area contributed by atoms with E-state index in [2.05, 4.69) is 17.1 Å². The first kappa shape index (κ1) is 21.0. The van der Waals surface area contributed by atoms with Gasteiger partial charge in [0.1, 0.15) is 5.03 Å². The molecule has 0 spiro atoms. The molecule has 2 unspecified atom stereocenters. The molecule has 1 aliphatic heterocycles. The first-order chi connectivity index (χ1) is 12.1. The summed E-state index contributed by atoms with van der Waals surface area (Å²) < 4.78 is 0. The average Bonchev–Trinajstić information content (AvgIpc) is 2.63. The van der Waals surface area contributed by atoms with Crippen LogP contribution in [0, 0.1) is 5.92 Å². The lowest BCUT2D eigenvalue weighted by molar-refractivity contribution is 0.0566. The van der Waals surface area contributed by atoms with Gasteiger partial charge in [0.25, 0.3) is 5.91 Å². The number of likely N-dealkylation sites (tertiary alicyclic amines) is 1. The minimum absolute atomic E-state index is 0. The highest BCUT2D eigenvalue weighted by Crippen LogP contribution is 2.31. The Balaban J connectivity index is 0.00000243. The van der Waals surface area contributed by atoms with Gasteiger partial charge in [-0.3, -0.25) is 4.79 Å². The fraction of sp³-hybridized carbons (Fsp3) is 0.389. The van der Waals surface area contributed by atoms with Crippen LogP contribution in [0.1, 0.15) is 30.3 Å². The van der Waals surface area contributed by atoms with E-state index < -0.39 is 0 Å². The van der Waals surface area contributed by atoms with E-state index in [9.17, 15) is 4.79 Å². The van der Waals surface area contributed by atoms with Crippen molar-refractivity contribution in [3.63, 3.8) is 0 Å². The van der Waals surface area contributed by atoms with Gasteiger partial charge in [0.05, 0.1) is 5.02 Å². The Hall–Kier alpha value is -1.34. The van der Waals surface area contributed by atoms with Gasteiger partial charge in [0.15, 0.2) is 5.69 Å². The van der Waals surface area contributed by atoms with Gasteiger partial charge in [-0.2, -0.15) is 0 Å². The topological polar surface area (TPSA) is 72.1 Å². The van der Waals surface area contributed by atoms with Crippen LogP contribution in [0.3, 0.4) is 0 Å². The summed E-state index contributed by atoms with van der Waals surface area (Å²) in [5.74, 6) is 0.502. The molecule has 0 aliphatic carbocycles. The van der Waals surface area contributed by atoms with Gasteiger partial charge in [-0.15, -0.1) is 22.6 Å². The van der Waals surface area contributed by atoms with E-state index >= 15 is 0 Å². The summed E-state index contributed by atoms with van der Waals surface area (Å²) in [7, 11) is 0. The van der Waals surface area contributed by atoms with Crippen molar-refractivity contribution in [1.82, 2.24) is 15.1 Å². The minimum Gasteiger partial charge on any atom is -0.333 e. The summed E-state index contributed by atoms with van der Waals surface area (Å²) in [6.45, 7) is 3.40. The molecule has 1 aliphatic rings. The number of halogens is 2. The lowest BCUT2D eigenvalue weighted by Crippen LogP contribution is -2.49. The Morgan fingerprint density at radius 3 is 2.73 bits per heavy atom. The molecule has 0 radical (unpaired) electrons. The van der Waals surface area contributed by atoms with Crippen LogP contribution in [0.15, 0.2) is 46.3 Å². The van der Waals surface area contributed by atoms with Crippen LogP contribution >= 0.6 is 35.8 Å². The lowest BCUT2D eigenvalue weighted by Gasteiger charge is -2.37. The summed E-state index contributed by atoms with van der Waals surface area (Å²) in [5, 5.41) is 9.66. The van der Waals surface area contributed by atoms with Crippen molar-refractivity contribution < 1.29 is 4.79 Å². The summed E-state index contributed by atoms with van der Waals surface area (Å²) in [4.78, 5) is 15.5. The van der Waals surface area contributed by atoms with Crippen LogP contribution in [0.2, 0.25) is 5.02 Å². The molecular formula is C18H22Cl2N4OS. The van der Waals surface area contributed by atoms with Crippen molar-refractivity contribution in [2.75, 3.05) is 13.1 Å². The van der Waals surface area contributed by atoms with Crippen molar-refractivity contribution in [3.05, 3.63) is 47.1 Å². The molecule has 0 saturated carbocycles. The minimum atomic E-state index is -0.0934. The molecular weight excluding hydrogens is 391 g/mol. The van der Waals surface area contributed by atoms with Crippen molar-refractivity contribution >= 4 is 41.7 Å². The molecule has 2 atom stereocenters. The number of nitrogens with zero attached hydrogens (tertiary/aromatic N) is 3. The second-order valence-electron chi connectivity index (χ2n) is 6.31. The maximum Gasteiger partial charge on any atom is 0.274 e. The van der Waals surface area contributed by atoms with E-state index in [1.165, 1.54) is 11.8 Å². The number of nitrogens with two attached hydrogens (primary N) is 1. The number of carbonyl (C=O) groups excluding carboxylic acids is 1. The van der Waals surface area contributed by atoms with Crippen LogP contribution < -0.4 is 5.73 Å². The van der Waals surface area contributed by atoms with Gasteiger partial charge in [0, 0.05) is 24.0 Å². The molecule has 0 bridgehead atoms. The molecule has 26 heavy (non-hydrogen) atoms. The highest BCUT2D eigenvalue weighted by atomic mass is 35.5. The maximum absolute atomic E-state index is 12.7. The van der Waals surface area contributed by atoms with Crippen LogP contribution in [-0.2, 0) is 0 Å². The first-order valence-corrected chi connectivity index (χ1v) is 9.55. The Bertz CT molecular complexity index is 744. The van der Waals surface area contributed by atoms with Crippen molar-refractivity contribution in [2.24, 2.45) is 11.7 Å². The van der Waals surface area contributed by atoms with Crippen LogP contribution in [-0.4, -0.2) is 40.1 Å². The zero-order chi connectivity index (χ0) is 17.8. The highest BCUT2D eigenvalue weighted by molar-refractivity contribution is 7.99. The second-order valence-corrected chi connectivity index (χ2v) is 7.78. The number of benzene rings is 1. The number of piperidine rings is 1. The molecule has 2 aromatic rings. The molecule has 140 valence electrons. The van der Waals surface area contributed by atoms with Crippen LogP contribution in [0.5, 0.6) is 0 Å². The third-order valence-corrected chi connectivity index (χ3v) is 5.87. The van der Waals surface area contributed by atoms with E-state index in [4.69, 9.17) is 17.3 Å². The Morgan fingerprint density at radius 2 is 2.08 bits per heavy atom. The summed E-state index contributed by atoms with van der Waals surface area (Å²) in [6.07, 6.45) is 1.94. The average molecular weight is 413 g/mol. The molecule has 1 amide bonds. The SMILES string of the molecule is CC1CCN(C(=O)c2ccc(Sc3ccccc3Cl)nn2)C(CN)C1.Cl. The van der Waals surface area contributed by atoms with E-state index in [-0.39, 0.29) is 24.4 Å². The Kier molecular flexibility index (Phi) is 7.70. The zero-order valence-electron chi connectivity index (χ0n) is 14.5. The van der Waals surface area contributed by atoms with E-state index in [1.54, 1.807) is 12.1 Å². The molecule has 3 rings (SSSR count). The largest absolute Gasteiger partial charge is 0.333 e. The molecule has 1 aromatic heterocycles. The molecule has 5 nitrogen and oxygen atoms in total. The van der Waals surface area contributed by atoms with E-state index in [0.717, 1.165) is 24.3 Å². The number of hydrogen-bond acceptors (Lipinski definition) is 5. The lowest BCUT2D eigenvalue weighted by atomic mass is 9.92. The zero-order valence-corrected chi connectivity index (χ0v) is 16.9. The fourth-order valence-electron chi connectivity index (χ4n) is 3.02. The van der Waals surface area contributed by atoms with Gasteiger partial charge in [0.2, 0.25) is 0 Å². The number of amides is 1. The smallest absolute Gasteiger partial charge is 0.274 e. The molecule has 1 saturated heterocycles. The standard InChI is InChI=1S/C18H21ClN4OS.ClH/c1-12-8-9-23(13(10-12)11-20)18(24)15-6-7-17(22-21-15)25-16-5-3-2-4-14(16)19;/h2-7,12-13H,8-11,20H2,1H3;1H. The normalized spacial score (nSPS) is 19.7. The van der Waals surface area contributed by atoms with Gasteiger partial charge < -0.3 is 10.6 Å². The monoisotopic (exact) mass is 412 g/mol. The predicted molar refractivity (Wildman–Crippen MR) is 107 cm³/mol. The quantitative estimate of drug-likeness (QED) is 0.823. The predicted octanol–water partition coefficient (Wildman–Crippen LogP) is 3.90. The van der Waals surface area contributed by atoms with Crippen molar-refractivity contribution in [1.29, 1.82) is 0 Å². The van der Waals surface area contributed by atoms with Crippen LogP contribution in [0.25, 0.3) is 0 Å². The fourth-order valence-corrected chi connectivity index (χ4v) is 4.02. The molecule has 8 heteroatoms. The Labute approximate surface area is 169 Å². The van der Waals surface area contributed by atoms with Crippen LogP contribution in [0.4, 0.5) is 0 Å². The van der Waals surface area contributed by atoms with E-state index in [0.29, 0.717) is 28.2 Å². The van der Waals surface area contributed by atoms with Gasteiger partial charge in [-0.1, -0.05) is 42.4 Å². The van der Waals surface area contributed by atoms with Gasteiger partial charge in [-0.25, -0.2) is 0 Å². The number of hydrogen-bond donors (Lipinski definition) is 1. The maximum atomic E-state index is 12.7. The molecule has 1 aromatic carbocycles. The van der Waals surface area contributed by atoms with Crippen molar-refractivity contribution in [2.45, 2.75) is 35.7 Å². The number of aromatic nitrogens is 2. The summed E-state index contributed by atoms with van der Waals surface area (Å²) >= 11 is 7.58. The molecule has 2 N–H and O–H groups in total.